The SMILES string of the molecule is C#CCN1CC(C(C)C)NCC1c1ccccc1. The van der Waals surface area contributed by atoms with Crippen LogP contribution in [0.4, 0.5) is 0 Å². The lowest BCUT2D eigenvalue weighted by molar-refractivity contribution is 0.129. The van der Waals surface area contributed by atoms with Gasteiger partial charge in [-0.2, -0.15) is 0 Å². The molecule has 0 spiro atoms. The molecule has 2 heteroatoms. The van der Waals surface area contributed by atoms with Crippen molar-refractivity contribution in [3.8, 4) is 12.3 Å². The number of nitrogens with one attached hydrogen (secondary N) is 1. The maximum atomic E-state index is 5.51. The minimum Gasteiger partial charge on any atom is -0.311 e. The molecule has 1 fully saturated rings. The third-order valence-corrected chi connectivity index (χ3v) is 3.73. The third kappa shape index (κ3) is 2.93. The van der Waals surface area contributed by atoms with Crippen LogP contribution in [0.1, 0.15) is 25.5 Å². The summed E-state index contributed by atoms with van der Waals surface area (Å²) in [5.74, 6) is 3.44. The molecule has 2 unspecified atom stereocenters. The van der Waals surface area contributed by atoms with Gasteiger partial charge in [-0.3, -0.25) is 4.90 Å². The predicted octanol–water partition coefficient (Wildman–Crippen LogP) is 2.29. The van der Waals surface area contributed by atoms with E-state index in [-0.39, 0.29) is 0 Å². The molecule has 1 N–H and O–H groups in total. The molecule has 2 atom stereocenters. The number of piperazine rings is 1. The second kappa shape index (κ2) is 6.04. The van der Waals surface area contributed by atoms with Gasteiger partial charge in [-0.05, 0) is 11.5 Å². The predicted molar refractivity (Wildman–Crippen MR) is 76.2 cm³/mol. The van der Waals surface area contributed by atoms with Crippen LogP contribution in [0.15, 0.2) is 30.3 Å². The van der Waals surface area contributed by atoms with Crippen molar-refractivity contribution in [2.24, 2.45) is 5.92 Å². The lowest BCUT2D eigenvalue weighted by Gasteiger charge is -2.41. The smallest absolute Gasteiger partial charge is 0.0605 e. The molecule has 0 bridgehead atoms. The molecule has 18 heavy (non-hydrogen) atoms. The van der Waals surface area contributed by atoms with Gasteiger partial charge in [0.15, 0.2) is 0 Å². The van der Waals surface area contributed by atoms with Crippen LogP contribution >= 0.6 is 0 Å². The Morgan fingerprint density at radius 1 is 1.39 bits per heavy atom. The van der Waals surface area contributed by atoms with E-state index in [9.17, 15) is 0 Å². The van der Waals surface area contributed by atoms with E-state index in [1.165, 1.54) is 5.56 Å². The quantitative estimate of drug-likeness (QED) is 0.818. The van der Waals surface area contributed by atoms with Crippen LogP contribution in [0.2, 0.25) is 0 Å². The highest BCUT2D eigenvalue weighted by molar-refractivity contribution is 5.21. The zero-order chi connectivity index (χ0) is 13.0. The molecule has 2 nitrogen and oxygen atoms in total. The van der Waals surface area contributed by atoms with E-state index in [0.29, 0.717) is 18.0 Å². The highest BCUT2D eigenvalue weighted by Gasteiger charge is 2.29. The normalized spacial score (nSPS) is 25.0. The summed E-state index contributed by atoms with van der Waals surface area (Å²) in [6.07, 6.45) is 5.51. The van der Waals surface area contributed by atoms with Crippen LogP contribution in [0.25, 0.3) is 0 Å². The van der Waals surface area contributed by atoms with Gasteiger partial charge < -0.3 is 5.32 Å². The highest BCUT2D eigenvalue weighted by atomic mass is 15.2. The van der Waals surface area contributed by atoms with Gasteiger partial charge in [0.2, 0.25) is 0 Å². The Labute approximate surface area is 110 Å². The maximum Gasteiger partial charge on any atom is 0.0605 e. The first-order valence-electron chi connectivity index (χ1n) is 6.68. The van der Waals surface area contributed by atoms with Crippen molar-refractivity contribution in [1.82, 2.24) is 10.2 Å². The molecule has 0 amide bonds. The zero-order valence-corrected chi connectivity index (χ0v) is 11.3. The number of terminal acetylenes is 1. The van der Waals surface area contributed by atoms with E-state index in [1.807, 2.05) is 0 Å². The largest absolute Gasteiger partial charge is 0.311 e. The number of nitrogens with zero attached hydrogens (tertiary/aromatic N) is 1. The first-order chi connectivity index (χ1) is 8.72. The van der Waals surface area contributed by atoms with Crippen LogP contribution < -0.4 is 5.32 Å². The van der Waals surface area contributed by atoms with Crippen LogP contribution in [0, 0.1) is 18.3 Å². The van der Waals surface area contributed by atoms with Gasteiger partial charge in [0.25, 0.3) is 0 Å². The standard InChI is InChI=1S/C16H22N2/c1-4-10-18-12-15(13(2)3)17-11-16(18)14-8-6-5-7-9-14/h1,5-9,13,15-17H,10-12H2,2-3H3. The van der Waals surface area contributed by atoms with E-state index >= 15 is 0 Å². The van der Waals surface area contributed by atoms with Crippen molar-refractivity contribution in [1.29, 1.82) is 0 Å². The van der Waals surface area contributed by atoms with Crippen molar-refractivity contribution >= 4 is 0 Å². The lowest BCUT2D eigenvalue weighted by Crippen LogP contribution is -2.54. The van der Waals surface area contributed by atoms with Crippen molar-refractivity contribution in [2.75, 3.05) is 19.6 Å². The van der Waals surface area contributed by atoms with Crippen LogP contribution in [0.3, 0.4) is 0 Å². The summed E-state index contributed by atoms with van der Waals surface area (Å²) in [4.78, 5) is 2.41. The summed E-state index contributed by atoms with van der Waals surface area (Å²) in [6, 6.07) is 11.6. The Kier molecular flexibility index (Phi) is 4.41. The summed E-state index contributed by atoms with van der Waals surface area (Å²) in [5.41, 5.74) is 1.35. The van der Waals surface area contributed by atoms with Crippen molar-refractivity contribution in [3.05, 3.63) is 35.9 Å². The number of hydrogen-bond donors (Lipinski definition) is 1. The van der Waals surface area contributed by atoms with Crippen LogP contribution in [-0.4, -0.2) is 30.6 Å². The van der Waals surface area contributed by atoms with Gasteiger partial charge in [-0.25, -0.2) is 0 Å². The van der Waals surface area contributed by atoms with E-state index < -0.39 is 0 Å². The fourth-order valence-corrected chi connectivity index (χ4v) is 2.58. The Balaban J connectivity index is 2.13. The molecule has 1 aromatic rings. The Hall–Kier alpha value is -1.30. The molecular formula is C16H22N2. The van der Waals surface area contributed by atoms with E-state index in [1.54, 1.807) is 0 Å². The molecule has 1 aliphatic heterocycles. The Morgan fingerprint density at radius 3 is 2.72 bits per heavy atom. The van der Waals surface area contributed by atoms with E-state index in [2.05, 4.69) is 60.3 Å². The first kappa shape index (κ1) is 13.1. The van der Waals surface area contributed by atoms with Gasteiger partial charge in [0.1, 0.15) is 0 Å². The molecule has 96 valence electrons. The van der Waals surface area contributed by atoms with Gasteiger partial charge in [-0.15, -0.1) is 6.42 Å². The molecule has 0 radical (unpaired) electrons. The summed E-state index contributed by atoms with van der Waals surface area (Å²) in [7, 11) is 0. The summed E-state index contributed by atoms with van der Waals surface area (Å²) in [6.45, 7) is 7.25. The fourth-order valence-electron chi connectivity index (χ4n) is 2.58. The molecule has 2 rings (SSSR count). The van der Waals surface area contributed by atoms with Crippen molar-refractivity contribution in [3.63, 3.8) is 0 Å². The third-order valence-electron chi connectivity index (χ3n) is 3.73. The van der Waals surface area contributed by atoms with Gasteiger partial charge >= 0.3 is 0 Å². The fraction of sp³-hybridized carbons (Fsp3) is 0.500. The zero-order valence-electron chi connectivity index (χ0n) is 11.3. The van der Waals surface area contributed by atoms with E-state index in [0.717, 1.165) is 19.6 Å². The molecular weight excluding hydrogens is 220 g/mol. The number of benzene rings is 1. The van der Waals surface area contributed by atoms with Crippen molar-refractivity contribution in [2.45, 2.75) is 25.9 Å². The Bertz CT molecular complexity index is 405. The minimum atomic E-state index is 0.400. The van der Waals surface area contributed by atoms with Crippen LogP contribution in [0.5, 0.6) is 0 Å². The minimum absolute atomic E-state index is 0.400. The van der Waals surface area contributed by atoms with Gasteiger partial charge in [0, 0.05) is 25.2 Å². The number of hydrogen-bond acceptors (Lipinski definition) is 2. The Morgan fingerprint density at radius 2 is 2.11 bits per heavy atom. The van der Waals surface area contributed by atoms with E-state index in [4.69, 9.17) is 6.42 Å². The molecule has 0 saturated carbocycles. The van der Waals surface area contributed by atoms with Crippen LogP contribution in [-0.2, 0) is 0 Å². The summed E-state index contributed by atoms with van der Waals surface area (Å²) < 4.78 is 0. The summed E-state index contributed by atoms with van der Waals surface area (Å²) in [5, 5.41) is 3.65. The maximum absolute atomic E-state index is 5.51. The number of rotatable bonds is 3. The second-order valence-corrected chi connectivity index (χ2v) is 5.32. The molecule has 1 saturated heterocycles. The molecule has 0 aromatic heterocycles. The van der Waals surface area contributed by atoms with Gasteiger partial charge in [0.05, 0.1) is 6.54 Å². The molecule has 1 aromatic carbocycles. The average molecular weight is 242 g/mol. The molecule has 1 heterocycles. The lowest BCUT2D eigenvalue weighted by atomic mass is 9.96. The average Bonchev–Trinajstić information content (AvgIpc) is 2.40. The topological polar surface area (TPSA) is 15.3 Å². The molecule has 1 aliphatic rings. The second-order valence-electron chi connectivity index (χ2n) is 5.32. The first-order valence-corrected chi connectivity index (χ1v) is 6.68. The van der Waals surface area contributed by atoms with Crippen molar-refractivity contribution < 1.29 is 0 Å². The van der Waals surface area contributed by atoms with Gasteiger partial charge in [-0.1, -0.05) is 50.1 Å². The summed E-state index contributed by atoms with van der Waals surface area (Å²) >= 11 is 0. The highest BCUT2D eigenvalue weighted by Crippen LogP contribution is 2.24. The molecule has 0 aliphatic carbocycles. The monoisotopic (exact) mass is 242 g/mol.